The van der Waals surface area contributed by atoms with E-state index in [-0.39, 0.29) is 0 Å². The van der Waals surface area contributed by atoms with E-state index in [9.17, 15) is 0 Å². The minimum atomic E-state index is 0.675. The zero-order valence-electron chi connectivity index (χ0n) is 13.0. The maximum Gasteiger partial charge on any atom is 0.341 e. The molecule has 1 aliphatic heterocycles. The van der Waals surface area contributed by atoms with Gasteiger partial charge in [-0.2, -0.15) is 0 Å². The van der Waals surface area contributed by atoms with Gasteiger partial charge in [0.25, 0.3) is 0 Å². The minimum Gasteiger partial charge on any atom is -0.419 e. The van der Waals surface area contributed by atoms with E-state index in [2.05, 4.69) is 22.8 Å². The first kappa shape index (κ1) is 13.9. The lowest BCUT2D eigenvalue weighted by atomic mass is 10.1. The van der Waals surface area contributed by atoms with E-state index >= 15 is 0 Å². The Morgan fingerprint density at radius 1 is 0.783 bits per heavy atom. The van der Waals surface area contributed by atoms with E-state index in [0.717, 1.165) is 35.5 Å². The van der Waals surface area contributed by atoms with Gasteiger partial charge in [0, 0.05) is 5.56 Å². The Kier molecular flexibility index (Phi) is 3.76. The monoisotopic (exact) mass is 303 g/mol. The van der Waals surface area contributed by atoms with Gasteiger partial charge in [-0.1, -0.05) is 48.5 Å². The van der Waals surface area contributed by atoms with E-state index in [1.807, 2.05) is 48.5 Å². The number of benzene rings is 2. The Morgan fingerprint density at radius 2 is 1.39 bits per heavy atom. The molecule has 0 radical (unpaired) electrons. The Balaban J connectivity index is 1.93. The molecule has 0 spiro atoms. The van der Waals surface area contributed by atoms with Crippen molar-refractivity contribution in [3.63, 3.8) is 0 Å². The zero-order valence-corrected chi connectivity index (χ0v) is 13.0. The molecule has 23 heavy (non-hydrogen) atoms. The summed E-state index contributed by atoms with van der Waals surface area (Å²) in [4.78, 5) is 4.77. The highest BCUT2D eigenvalue weighted by atomic mass is 16.3. The summed E-state index contributed by atoms with van der Waals surface area (Å²) in [7, 11) is 0. The van der Waals surface area contributed by atoms with Gasteiger partial charge in [-0.25, -0.2) is 0 Å². The minimum absolute atomic E-state index is 0.675. The molecule has 0 saturated carbocycles. The standard InChI is InChI=1S/C20H19N2O/c1-3-9-16(10-4-1)18-15-19(22-13-7-8-14-22)21-20(23-18)17-11-5-2-6-12-17/h1-6,9-12,15H,7-8,13-14H2/q+1. The molecule has 0 N–H and O–H groups in total. The van der Waals surface area contributed by atoms with Gasteiger partial charge in [0.05, 0.1) is 24.7 Å². The lowest BCUT2D eigenvalue weighted by molar-refractivity contribution is 0.543. The van der Waals surface area contributed by atoms with Crippen molar-refractivity contribution in [1.82, 2.24) is 9.56 Å². The lowest BCUT2D eigenvalue weighted by Crippen LogP contribution is -2.29. The summed E-state index contributed by atoms with van der Waals surface area (Å²) in [6.45, 7) is 2.14. The average Bonchev–Trinajstić information content (AvgIpc) is 3.18. The van der Waals surface area contributed by atoms with Gasteiger partial charge in [-0.15, -0.1) is 0 Å². The predicted molar refractivity (Wildman–Crippen MR) is 91.6 cm³/mol. The van der Waals surface area contributed by atoms with Crippen LogP contribution in [0.4, 0.5) is 0 Å². The van der Waals surface area contributed by atoms with Crippen LogP contribution < -0.4 is 10.1 Å². The molecule has 0 bridgehead atoms. The maximum absolute atomic E-state index is 6.11. The highest BCUT2D eigenvalue weighted by Crippen LogP contribution is 2.22. The number of nitrogens with zero attached hydrogens (tertiary/aromatic N) is 2. The van der Waals surface area contributed by atoms with Gasteiger partial charge < -0.3 is 4.42 Å². The molecule has 1 saturated heterocycles. The molecule has 3 nitrogen and oxygen atoms in total. The predicted octanol–water partition coefficient (Wildman–Crippen LogP) is 3.57. The van der Waals surface area contributed by atoms with E-state index in [0.29, 0.717) is 5.89 Å². The van der Waals surface area contributed by atoms with E-state index in [4.69, 9.17) is 9.40 Å². The molecule has 1 aromatic heterocycles. The Bertz CT molecular complexity index is 798. The number of hydrogen-bond donors (Lipinski definition) is 0. The van der Waals surface area contributed by atoms with Gasteiger partial charge in [-0.3, -0.25) is 4.58 Å². The molecule has 3 aromatic rings. The second kappa shape index (κ2) is 6.21. The van der Waals surface area contributed by atoms with Crippen LogP contribution in [0, 0.1) is 0 Å². The van der Waals surface area contributed by atoms with Crippen LogP contribution in [-0.2, 0) is 0 Å². The van der Waals surface area contributed by atoms with Crippen molar-refractivity contribution < 1.29 is 4.42 Å². The van der Waals surface area contributed by atoms with Gasteiger partial charge in [-0.05, 0) is 30.0 Å². The second-order valence-electron chi connectivity index (χ2n) is 5.81. The van der Waals surface area contributed by atoms with Crippen LogP contribution in [0.1, 0.15) is 12.8 Å². The van der Waals surface area contributed by atoms with Gasteiger partial charge >= 0.3 is 11.4 Å². The molecule has 0 amide bonds. The molecule has 114 valence electrons. The fourth-order valence-electron chi connectivity index (χ4n) is 2.97. The number of aromatic nitrogens is 1. The molecule has 0 aliphatic carbocycles. The van der Waals surface area contributed by atoms with Crippen molar-refractivity contribution in [2.45, 2.75) is 12.8 Å². The van der Waals surface area contributed by atoms with E-state index < -0.39 is 0 Å². The number of hydrogen-bond acceptors (Lipinski definition) is 2. The molecule has 0 atom stereocenters. The van der Waals surface area contributed by atoms with Crippen molar-refractivity contribution in [3.8, 4) is 22.8 Å². The largest absolute Gasteiger partial charge is 0.419 e. The second-order valence-corrected chi connectivity index (χ2v) is 5.81. The number of rotatable bonds is 2. The van der Waals surface area contributed by atoms with Crippen molar-refractivity contribution >= 4 is 0 Å². The van der Waals surface area contributed by atoms with Crippen LogP contribution in [-0.4, -0.2) is 18.1 Å². The average molecular weight is 303 g/mol. The highest BCUT2D eigenvalue weighted by molar-refractivity contribution is 5.59. The van der Waals surface area contributed by atoms with Crippen LogP contribution in [0.5, 0.6) is 0 Å². The van der Waals surface area contributed by atoms with Crippen LogP contribution in [0.3, 0.4) is 0 Å². The topological polar surface area (TPSA) is 29.0 Å². The Labute approximate surface area is 135 Å². The molecule has 3 heteroatoms. The molecule has 4 rings (SSSR count). The smallest absolute Gasteiger partial charge is 0.341 e. The normalized spacial score (nSPS) is 14.2. The van der Waals surface area contributed by atoms with E-state index in [1.54, 1.807) is 0 Å². The van der Waals surface area contributed by atoms with Crippen molar-refractivity contribution in [2.75, 3.05) is 13.1 Å². The summed E-state index contributed by atoms with van der Waals surface area (Å²) in [6.07, 6.45) is 2.46. The molecular formula is C20H19N2O+. The molecule has 2 aromatic carbocycles. The quantitative estimate of drug-likeness (QED) is 0.677. The summed E-state index contributed by atoms with van der Waals surface area (Å²) in [5.41, 5.74) is 3.09. The molecule has 2 heterocycles. The summed E-state index contributed by atoms with van der Waals surface area (Å²) in [6, 6.07) is 22.4. The van der Waals surface area contributed by atoms with Crippen LogP contribution >= 0.6 is 0 Å². The van der Waals surface area contributed by atoms with Gasteiger partial charge in [0.15, 0.2) is 0 Å². The Morgan fingerprint density at radius 3 is 2.04 bits per heavy atom. The fourth-order valence-corrected chi connectivity index (χ4v) is 2.97. The summed E-state index contributed by atoms with van der Waals surface area (Å²) in [5, 5.41) is 0. The van der Waals surface area contributed by atoms with Crippen LogP contribution in [0.2, 0.25) is 0 Å². The van der Waals surface area contributed by atoms with Crippen LogP contribution in [0.25, 0.3) is 22.8 Å². The maximum atomic E-state index is 6.11. The summed E-state index contributed by atoms with van der Waals surface area (Å²) >= 11 is 0. The summed E-state index contributed by atoms with van der Waals surface area (Å²) in [5.74, 6) is 1.54. The third-order valence-electron chi connectivity index (χ3n) is 4.19. The van der Waals surface area contributed by atoms with Gasteiger partial charge in [0.1, 0.15) is 5.76 Å². The highest BCUT2D eigenvalue weighted by Gasteiger charge is 2.17. The third kappa shape index (κ3) is 2.95. The van der Waals surface area contributed by atoms with Crippen molar-refractivity contribution in [1.29, 1.82) is 0 Å². The third-order valence-corrected chi connectivity index (χ3v) is 4.19. The first-order valence-corrected chi connectivity index (χ1v) is 8.11. The van der Waals surface area contributed by atoms with Crippen LogP contribution in [0.15, 0.2) is 71.1 Å². The molecule has 0 unspecified atom stereocenters. The first-order valence-electron chi connectivity index (χ1n) is 8.11. The SMILES string of the molecule is c1ccc(-c2cc(=[N+]3CCCC3)nc(-c3ccccc3)o2)cc1. The van der Waals surface area contributed by atoms with Crippen molar-refractivity contribution in [3.05, 3.63) is 72.2 Å². The first-order chi connectivity index (χ1) is 11.4. The molecule has 1 aliphatic rings. The Hall–Kier alpha value is -2.68. The molecular weight excluding hydrogens is 284 g/mol. The lowest BCUT2D eigenvalue weighted by Gasteiger charge is -2.02. The zero-order chi connectivity index (χ0) is 15.5. The molecule has 1 fully saturated rings. The fraction of sp³-hybridized carbons (Fsp3) is 0.200. The van der Waals surface area contributed by atoms with E-state index in [1.165, 1.54) is 12.8 Å². The summed E-state index contributed by atoms with van der Waals surface area (Å²) < 4.78 is 8.45. The van der Waals surface area contributed by atoms with Crippen molar-refractivity contribution in [2.24, 2.45) is 0 Å². The van der Waals surface area contributed by atoms with Gasteiger partial charge in [0.2, 0.25) is 0 Å².